The molecule has 0 unspecified atom stereocenters. The van der Waals surface area contributed by atoms with Gasteiger partial charge >= 0.3 is 0 Å². The molecule has 0 aromatic carbocycles. The van der Waals surface area contributed by atoms with Crippen molar-refractivity contribution in [2.24, 2.45) is 7.05 Å². The molecule has 0 aliphatic rings. The molecule has 0 bridgehead atoms. The number of carbonyl (C=O) groups excluding carboxylic acids is 1. The molecule has 0 fully saturated rings. The number of aryl methyl sites for hydroxylation is 2. The van der Waals surface area contributed by atoms with Gasteiger partial charge in [-0.25, -0.2) is 0 Å². The van der Waals surface area contributed by atoms with E-state index in [0.29, 0.717) is 0 Å². The van der Waals surface area contributed by atoms with Gasteiger partial charge < -0.3 is 9.88 Å². The smallest absolute Gasteiger partial charge is 0.274 e. The number of nitrogens with zero attached hydrogens (tertiary/aromatic N) is 1. The topological polar surface area (TPSA) is 51.1 Å². The minimum Gasteiger partial charge on any atom is -0.320 e. The van der Waals surface area contributed by atoms with Gasteiger partial charge in [0.1, 0.15) is 11.6 Å². The Morgan fingerprint density at radius 2 is 2.29 bits per heavy atom. The van der Waals surface area contributed by atoms with E-state index in [1.54, 1.807) is 19.3 Å². The van der Waals surface area contributed by atoms with Crippen molar-refractivity contribution >= 4 is 23.2 Å². The summed E-state index contributed by atoms with van der Waals surface area (Å²) in [6.07, 6.45) is 1.69. The number of hydrogen-bond acceptors (Lipinski definition) is 2. The second kappa shape index (κ2) is 4.28. The van der Waals surface area contributed by atoms with Crippen LogP contribution in [-0.2, 0) is 11.8 Å². The van der Waals surface area contributed by atoms with E-state index in [4.69, 9.17) is 11.6 Å². The van der Waals surface area contributed by atoms with Gasteiger partial charge in [-0.05, 0) is 18.6 Å². The molecular formula is C9H11ClN2O2. The number of amides is 1. The maximum absolute atomic E-state index is 11.5. The van der Waals surface area contributed by atoms with E-state index in [1.807, 2.05) is 6.92 Å². The molecule has 0 saturated heterocycles. The molecule has 4 nitrogen and oxygen atoms in total. The van der Waals surface area contributed by atoms with Crippen molar-refractivity contribution < 1.29 is 4.79 Å². The standard InChI is InChI=1S/C9H11ClN2O2/c1-6-3-7(11-8(13)4-10)9(14)12(2)5-6/h3,5H,4H2,1-2H3,(H,11,13). The van der Waals surface area contributed by atoms with Crippen LogP contribution < -0.4 is 10.9 Å². The first-order chi connectivity index (χ1) is 6.54. The summed E-state index contributed by atoms with van der Waals surface area (Å²) in [7, 11) is 1.63. The average Bonchev–Trinajstić information content (AvgIpc) is 2.13. The van der Waals surface area contributed by atoms with Crippen LogP contribution in [0.4, 0.5) is 5.69 Å². The molecule has 0 atom stereocenters. The lowest BCUT2D eigenvalue weighted by atomic mass is 10.3. The minimum absolute atomic E-state index is 0.156. The predicted molar refractivity (Wildman–Crippen MR) is 55.8 cm³/mol. The molecule has 0 aliphatic carbocycles. The number of pyridine rings is 1. The molecule has 0 radical (unpaired) electrons. The largest absolute Gasteiger partial charge is 0.320 e. The van der Waals surface area contributed by atoms with Crippen LogP contribution >= 0.6 is 11.6 Å². The summed E-state index contributed by atoms with van der Waals surface area (Å²) in [5.41, 5.74) is 0.921. The third kappa shape index (κ3) is 2.35. The zero-order chi connectivity index (χ0) is 10.7. The molecule has 1 heterocycles. The van der Waals surface area contributed by atoms with Crippen LogP contribution in [0, 0.1) is 6.92 Å². The van der Waals surface area contributed by atoms with Crippen molar-refractivity contribution in [3.8, 4) is 0 Å². The van der Waals surface area contributed by atoms with Crippen LogP contribution in [0.1, 0.15) is 5.56 Å². The number of alkyl halides is 1. The van der Waals surface area contributed by atoms with Crippen LogP contribution in [-0.4, -0.2) is 16.4 Å². The molecule has 0 spiro atoms. The van der Waals surface area contributed by atoms with Crippen LogP contribution in [0.25, 0.3) is 0 Å². The summed E-state index contributed by atoms with van der Waals surface area (Å²) in [4.78, 5) is 22.4. The number of nitrogens with one attached hydrogen (secondary N) is 1. The number of rotatable bonds is 2. The maximum Gasteiger partial charge on any atom is 0.274 e. The fraction of sp³-hybridized carbons (Fsp3) is 0.333. The van der Waals surface area contributed by atoms with E-state index in [1.165, 1.54) is 4.57 Å². The maximum atomic E-state index is 11.5. The number of aromatic nitrogens is 1. The summed E-state index contributed by atoms with van der Waals surface area (Å²) in [6, 6.07) is 1.62. The van der Waals surface area contributed by atoms with Crippen LogP contribution in [0.3, 0.4) is 0 Å². The zero-order valence-electron chi connectivity index (χ0n) is 8.00. The lowest BCUT2D eigenvalue weighted by molar-refractivity contribution is -0.113. The average molecular weight is 215 g/mol. The van der Waals surface area contributed by atoms with Gasteiger partial charge in [0.25, 0.3) is 5.56 Å². The molecule has 14 heavy (non-hydrogen) atoms. The number of carbonyl (C=O) groups is 1. The molecule has 1 amide bonds. The Bertz CT molecular complexity index is 412. The second-order valence-electron chi connectivity index (χ2n) is 3.03. The summed E-state index contributed by atoms with van der Waals surface area (Å²) >= 11 is 5.31. The Morgan fingerprint density at radius 1 is 1.64 bits per heavy atom. The van der Waals surface area contributed by atoms with E-state index in [0.717, 1.165) is 5.56 Å². The number of hydrogen-bond donors (Lipinski definition) is 1. The predicted octanol–water partition coefficient (Wildman–Crippen LogP) is 0.871. The monoisotopic (exact) mass is 214 g/mol. The molecule has 1 N–H and O–H groups in total. The Kier molecular flexibility index (Phi) is 3.30. The van der Waals surface area contributed by atoms with Gasteiger partial charge in [0.15, 0.2) is 0 Å². The highest BCUT2D eigenvalue weighted by Gasteiger charge is 2.05. The first kappa shape index (κ1) is 10.8. The quantitative estimate of drug-likeness (QED) is 0.743. The normalized spacial score (nSPS) is 9.93. The molecule has 1 aromatic heterocycles. The highest BCUT2D eigenvalue weighted by atomic mass is 35.5. The summed E-state index contributed by atoms with van der Waals surface area (Å²) < 4.78 is 1.42. The van der Waals surface area contributed by atoms with Gasteiger partial charge in [-0.2, -0.15) is 0 Å². The first-order valence-electron chi connectivity index (χ1n) is 4.07. The van der Waals surface area contributed by atoms with Crippen molar-refractivity contribution in [3.63, 3.8) is 0 Å². The van der Waals surface area contributed by atoms with Gasteiger partial charge in [0.05, 0.1) is 0 Å². The van der Waals surface area contributed by atoms with E-state index in [-0.39, 0.29) is 23.0 Å². The van der Waals surface area contributed by atoms with Gasteiger partial charge in [-0.3, -0.25) is 9.59 Å². The fourth-order valence-corrected chi connectivity index (χ4v) is 1.22. The number of anilines is 1. The van der Waals surface area contributed by atoms with E-state index in [2.05, 4.69) is 5.32 Å². The zero-order valence-corrected chi connectivity index (χ0v) is 8.76. The third-order valence-electron chi connectivity index (χ3n) is 1.72. The molecule has 1 aromatic rings. The second-order valence-corrected chi connectivity index (χ2v) is 3.30. The Balaban J connectivity index is 3.09. The van der Waals surface area contributed by atoms with Crippen molar-refractivity contribution in [2.45, 2.75) is 6.92 Å². The summed E-state index contributed by atoms with van der Waals surface area (Å²) in [6.45, 7) is 1.84. The van der Waals surface area contributed by atoms with Gasteiger partial charge in [-0.1, -0.05) is 0 Å². The van der Waals surface area contributed by atoms with Crippen LogP contribution in [0.5, 0.6) is 0 Å². The third-order valence-corrected chi connectivity index (χ3v) is 1.96. The van der Waals surface area contributed by atoms with Crippen LogP contribution in [0.15, 0.2) is 17.1 Å². The molecular weight excluding hydrogens is 204 g/mol. The van der Waals surface area contributed by atoms with Gasteiger partial charge in [0.2, 0.25) is 5.91 Å². The van der Waals surface area contributed by atoms with Crippen molar-refractivity contribution in [3.05, 3.63) is 28.2 Å². The Labute approximate surface area is 86.5 Å². The van der Waals surface area contributed by atoms with Crippen molar-refractivity contribution in [1.82, 2.24) is 4.57 Å². The van der Waals surface area contributed by atoms with E-state index in [9.17, 15) is 9.59 Å². The fourth-order valence-electron chi connectivity index (χ4n) is 1.15. The summed E-state index contributed by atoms with van der Waals surface area (Å²) in [5, 5.41) is 2.44. The Hall–Kier alpha value is -1.29. The molecule has 0 saturated carbocycles. The van der Waals surface area contributed by atoms with E-state index >= 15 is 0 Å². The van der Waals surface area contributed by atoms with Gasteiger partial charge in [0, 0.05) is 13.2 Å². The molecule has 5 heteroatoms. The van der Waals surface area contributed by atoms with Crippen LogP contribution in [0.2, 0.25) is 0 Å². The van der Waals surface area contributed by atoms with E-state index < -0.39 is 0 Å². The van der Waals surface area contributed by atoms with Gasteiger partial charge in [-0.15, -0.1) is 11.6 Å². The lowest BCUT2D eigenvalue weighted by Gasteiger charge is -2.05. The highest BCUT2D eigenvalue weighted by molar-refractivity contribution is 6.29. The lowest BCUT2D eigenvalue weighted by Crippen LogP contribution is -2.24. The highest BCUT2D eigenvalue weighted by Crippen LogP contribution is 2.03. The molecule has 76 valence electrons. The summed E-state index contributed by atoms with van der Waals surface area (Å²) in [5.74, 6) is -0.536. The molecule has 1 rings (SSSR count). The Morgan fingerprint density at radius 3 is 2.86 bits per heavy atom. The first-order valence-corrected chi connectivity index (χ1v) is 4.61. The van der Waals surface area contributed by atoms with Crippen molar-refractivity contribution in [2.75, 3.05) is 11.2 Å². The molecule has 0 aliphatic heterocycles. The number of halogens is 1. The SMILES string of the molecule is Cc1cc(NC(=O)CCl)c(=O)n(C)c1. The van der Waals surface area contributed by atoms with Crippen molar-refractivity contribution in [1.29, 1.82) is 0 Å². The minimum atomic E-state index is -0.380.